The molecular weight excluding hydrogens is 244 g/mol. The van der Waals surface area contributed by atoms with Gasteiger partial charge in [-0.15, -0.1) is 0 Å². The number of hydrogen-bond donors (Lipinski definition) is 2. The van der Waals surface area contributed by atoms with Gasteiger partial charge in [-0.05, 0) is 36.6 Å². The summed E-state index contributed by atoms with van der Waals surface area (Å²) in [6, 6.07) is 4.41. The van der Waals surface area contributed by atoms with E-state index in [0.717, 1.165) is 5.56 Å². The molecule has 1 aromatic rings. The van der Waals surface area contributed by atoms with E-state index in [1.54, 1.807) is 18.2 Å². The normalized spacial score (nSPS) is 12.1. The number of benzene rings is 1. The van der Waals surface area contributed by atoms with Crippen LogP contribution in [0.3, 0.4) is 0 Å². The van der Waals surface area contributed by atoms with Crippen molar-refractivity contribution in [3.8, 4) is 0 Å². The number of methoxy groups -OCH3 is 1. The third-order valence-corrected chi connectivity index (χ3v) is 2.77. The molecule has 1 unspecified atom stereocenters. The van der Waals surface area contributed by atoms with E-state index < -0.39 is 12.0 Å². The molecule has 1 aromatic carbocycles. The molecule has 0 bridgehead atoms. The fourth-order valence-electron chi connectivity index (χ4n) is 1.79. The van der Waals surface area contributed by atoms with E-state index >= 15 is 0 Å². The number of nitrogens with two attached hydrogens (primary N) is 1. The lowest BCUT2D eigenvalue weighted by molar-refractivity contribution is -0.144. The summed E-state index contributed by atoms with van der Waals surface area (Å²) < 4.78 is 4.68. The lowest BCUT2D eigenvalue weighted by Gasteiger charge is -2.20. The number of hydrogen-bond acceptors (Lipinski definition) is 4. The first-order valence-electron chi connectivity index (χ1n) is 6.11. The maximum Gasteiger partial charge on any atom is 0.328 e. The zero-order chi connectivity index (χ0) is 14.6. The predicted octanol–water partition coefficient (Wildman–Crippen LogP) is 1.50. The van der Waals surface area contributed by atoms with Crippen LogP contribution >= 0.6 is 0 Å². The van der Waals surface area contributed by atoms with Crippen LogP contribution < -0.4 is 11.1 Å². The summed E-state index contributed by atoms with van der Waals surface area (Å²) in [5.74, 6) is -0.845. The number of anilines is 1. The number of aryl methyl sites for hydroxylation is 1. The van der Waals surface area contributed by atoms with Crippen molar-refractivity contribution in [1.82, 2.24) is 5.32 Å². The average molecular weight is 264 g/mol. The lowest BCUT2D eigenvalue weighted by atomic mass is 10.0. The van der Waals surface area contributed by atoms with E-state index in [1.165, 1.54) is 7.11 Å². The molecule has 0 aliphatic carbocycles. The number of rotatable bonds is 4. The van der Waals surface area contributed by atoms with Crippen LogP contribution in [0.5, 0.6) is 0 Å². The van der Waals surface area contributed by atoms with Gasteiger partial charge in [0.1, 0.15) is 6.04 Å². The zero-order valence-corrected chi connectivity index (χ0v) is 11.7. The topological polar surface area (TPSA) is 81.4 Å². The fourth-order valence-corrected chi connectivity index (χ4v) is 1.79. The van der Waals surface area contributed by atoms with Crippen molar-refractivity contribution >= 4 is 17.6 Å². The molecule has 0 radical (unpaired) electrons. The minimum Gasteiger partial charge on any atom is -0.467 e. The van der Waals surface area contributed by atoms with Gasteiger partial charge in [0, 0.05) is 11.3 Å². The molecule has 19 heavy (non-hydrogen) atoms. The van der Waals surface area contributed by atoms with Gasteiger partial charge in [0.25, 0.3) is 5.91 Å². The molecule has 0 spiro atoms. The van der Waals surface area contributed by atoms with Gasteiger partial charge in [0.15, 0.2) is 0 Å². The molecule has 1 amide bonds. The van der Waals surface area contributed by atoms with Crippen LogP contribution in [0.1, 0.15) is 29.8 Å². The second-order valence-electron chi connectivity index (χ2n) is 4.85. The molecule has 5 heteroatoms. The summed E-state index contributed by atoms with van der Waals surface area (Å²) in [6.45, 7) is 5.53. The number of ether oxygens (including phenoxy) is 1. The number of amides is 1. The minimum absolute atomic E-state index is 0.0569. The van der Waals surface area contributed by atoms with Crippen molar-refractivity contribution in [2.45, 2.75) is 26.8 Å². The van der Waals surface area contributed by atoms with E-state index in [9.17, 15) is 9.59 Å². The monoisotopic (exact) mass is 264 g/mol. The number of nitrogen functional groups attached to an aromatic ring is 1. The predicted molar refractivity (Wildman–Crippen MR) is 73.7 cm³/mol. The Balaban J connectivity index is 2.90. The minimum atomic E-state index is -0.667. The number of esters is 1. The molecule has 3 N–H and O–H groups in total. The number of carbonyl (C=O) groups is 2. The Morgan fingerprint density at radius 3 is 2.37 bits per heavy atom. The summed E-state index contributed by atoms with van der Waals surface area (Å²) in [5, 5.41) is 2.67. The third-order valence-electron chi connectivity index (χ3n) is 2.77. The Bertz CT molecular complexity index is 463. The van der Waals surface area contributed by atoms with E-state index in [0.29, 0.717) is 11.3 Å². The maximum absolute atomic E-state index is 12.1. The Labute approximate surface area is 113 Å². The molecule has 0 aliphatic heterocycles. The van der Waals surface area contributed by atoms with Crippen LogP contribution in [0.4, 0.5) is 5.69 Å². The second-order valence-corrected chi connectivity index (χ2v) is 4.85. The smallest absolute Gasteiger partial charge is 0.328 e. The van der Waals surface area contributed by atoms with Crippen molar-refractivity contribution in [3.63, 3.8) is 0 Å². The molecule has 104 valence electrons. The Morgan fingerprint density at radius 2 is 1.89 bits per heavy atom. The lowest BCUT2D eigenvalue weighted by Crippen LogP contribution is -2.45. The standard InChI is InChI=1S/C14H20N2O3/c1-8(2)12(14(18)19-4)16-13(17)10-5-9(3)6-11(15)7-10/h5-8,12H,15H2,1-4H3,(H,16,17). The highest BCUT2D eigenvalue weighted by atomic mass is 16.5. The van der Waals surface area contributed by atoms with Crippen LogP contribution in [-0.2, 0) is 9.53 Å². The maximum atomic E-state index is 12.1. The van der Waals surface area contributed by atoms with Gasteiger partial charge in [-0.2, -0.15) is 0 Å². The molecule has 0 aromatic heterocycles. The van der Waals surface area contributed by atoms with Crippen molar-refractivity contribution < 1.29 is 14.3 Å². The van der Waals surface area contributed by atoms with Gasteiger partial charge in [-0.25, -0.2) is 4.79 Å². The first-order valence-corrected chi connectivity index (χ1v) is 6.11. The first kappa shape index (κ1) is 15.0. The van der Waals surface area contributed by atoms with Crippen molar-refractivity contribution in [2.75, 3.05) is 12.8 Å². The van der Waals surface area contributed by atoms with E-state index in [2.05, 4.69) is 10.1 Å². The highest BCUT2D eigenvalue weighted by molar-refractivity contribution is 5.97. The third kappa shape index (κ3) is 3.98. The van der Waals surface area contributed by atoms with Gasteiger partial charge < -0.3 is 15.8 Å². The molecule has 1 atom stereocenters. The van der Waals surface area contributed by atoms with Gasteiger partial charge in [-0.1, -0.05) is 13.8 Å². The van der Waals surface area contributed by atoms with Gasteiger partial charge in [-0.3, -0.25) is 4.79 Å². The molecule has 5 nitrogen and oxygen atoms in total. The van der Waals surface area contributed by atoms with Crippen LogP contribution in [0, 0.1) is 12.8 Å². The summed E-state index contributed by atoms with van der Waals surface area (Å²) in [6.07, 6.45) is 0. The Morgan fingerprint density at radius 1 is 1.26 bits per heavy atom. The average Bonchev–Trinajstić information content (AvgIpc) is 2.33. The zero-order valence-electron chi connectivity index (χ0n) is 11.7. The highest BCUT2D eigenvalue weighted by Gasteiger charge is 2.25. The van der Waals surface area contributed by atoms with E-state index in [4.69, 9.17) is 5.73 Å². The number of nitrogens with one attached hydrogen (secondary N) is 1. The summed E-state index contributed by atoms with van der Waals surface area (Å²) >= 11 is 0. The van der Waals surface area contributed by atoms with Crippen molar-refractivity contribution in [3.05, 3.63) is 29.3 Å². The van der Waals surface area contributed by atoms with Gasteiger partial charge >= 0.3 is 5.97 Å². The number of carbonyl (C=O) groups excluding carboxylic acids is 2. The summed E-state index contributed by atoms with van der Waals surface area (Å²) in [5.41, 5.74) is 7.55. The van der Waals surface area contributed by atoms with E-state index in [-0.39, 0.29) is 11.8 Å². The van der Waals surface area contributed by atoms with Gasteiger partial charge in [0.05, 0.1) is 7.11 Å². The van der Waals surface area contributed by atoms with Gasteiger partial charge in [0.2, 0.25) is 0 Å². The van der Waals surface area contributed by atoms with Crippen LogP contribution in [0.25, 0.3) is 0 Å². The quantitative estimate of drug-likeness (QED) is 0.638. The summed E-state index contributed by atoms with van der Waals surface area (Å²) in [4.78, 5) is 23.7. The van der Waals surface area contributed by atoms with Crippen LogP contribution in [0.15, 0.2) is 18.2 Å². The molecule has 1 rings (SSSR count). The summed E-state index contributed by atoms with van der Waals surface area (Å²) in [7, 11) is 1.30. The molecule has 0 heterocycles. The Kier molecular flexibility index (Phi) is 4.92. The SMILES string of the molecule is COC(=O)C(NC(=O)c1cc(C)cc(N)c1)C(C)C. The molecular formula is C14H20N2O3. The molecule has 0 saturated carbocycles. The Hall–Kier alpha value is -2.04. The van der Waals surface area contributed by atoms with Crippen LogP contribution in [-0.4, -0.2) is 25.0 Å². The van der Waals surface area contributed by atoms with E-state index in [1.807, 2.05) is 20.8 Å². The highest BCUT2D eigenvalue weighted by Crippen LogP contribution is 2.12. The molecule has 0 aliphatic rings. The molecule has 0 fully saturated rings. The first-order chi connectivity index (χ1) is 8.85. The second kappa shape index (κ2) is 6.22. The largest absolute Gasteiger partial charge is 0.467 e. The fraction of sp³-hybridized carbons (Fsp3) is 0.429. The van der Waals surface area contributed by atoms with Crippen molar-refractivity contribution in [1.29, 1.82) is 0 Å². The van der Waals surface area contributed by atoms with Crippen molar-refractivity contribution in [2.24, 2.45) is 5.92 Å². The van der Waals surface area contributed by atoms with Crippen LogP contribution in [0.2, 0.25) is 0 Å². The molecule has 0 saturated heterocycles.